The van der Waals surface area contributed by atoms with Crippen LogP contribution in [0, 0.1) is 0 Å². The van der Waals surface area contributed by atoms with Crippen molar-refractivity contribution in [2.75, 3.05) is 4.90 Å². The Labute approximate surface area is 359 Å². The Morgan fingerprint density at radius 3 is 1.79 bits per heavy atom. The molecule has 0 fully saturated rings. The maximum Gasteiger partial charge on any atom is 0.152 e. The second-order valence-corrected chi connectivity index (χ2v) is 16.8. The number of aromatic nitrogens is 1. The summed E-state index contributed by atoms with van der Waals surface area (Å²) in [6.45, 7) is 0. The van der Waals surface area contributed by atoms with Crippen LogP contribution in [-0.4, -0.2) is 4.57 Å². The molecule has 0 bridgehead atoms. The summed E-state index contributed by atoms with van der Waals surface area (Å²) in [6, 6.07) is 80.3. The third-order valence-electron chi connectivity index (χ3n) is 13.8. The normalized spacial score (nSPS) is 13.4. The van der Waals surface area contributed by atoms with Gasteiger partial charge in [0, 0.05) is 27.4 Å². The van der Waals surface area contributed by atoms with E-state index in [1.165, 1.54) is 71.6 Å². The van der Waals surface area contributed by atoms with E-state index in [1.54, 1.807) is 0 Å². The van der Waals surface area contributed by atoms with Crippen LogP contribution < -0.4 is 9.64 Å². The molecule has 1 spiro atoms. The third-order valence-corrected chi connectivity index (χ3v) is 13.8. The number of rotatable bonds is 4. The van der Waals surface area contributed by atoms with Crippen LogP contribution >= 0.6 is 0 Å². The average Bonchev–Trinajstić information content (AvgIpc) is 3.95. The van der Waals surface area contributed by atoms with Gasteiger partial charge in [-0.1, -0.05) is 170 Å². The molecule has 288 valence electrons. The molecule has 0 unspecified atom stereocenters. The van der Waals surface area contributed by atoms with Gasteiger partial charge < -0.3 is 14.2 Å². The molecular weight excluding hydrogens is 753 g/mol. The number of nitrogens with zero attached hydrogens (tertiary/aromatic N) is 2. The van der Waals surface area contributed by atoms with E-state index in [1.807, 2.05) is 0 Å². The summed E-state index contributed by atoms with van der Waals surface area (Å²) in [4.78, 5) is 2.49. The molecule has 10 aromatic carbocycles. The van der Waals surface area contributed by atoms with Crippen molar-refractivity contribution in [2.45, 2.75) is 5.41 Å². The molecule has 3 aliphatic rings. The zero-order valence-corrected chi connectivity index (χ0v) is 33.6. The molecule has 0 atom stereocenters. The number of fused-ring (bicyclic) bond motifs is 16. The zero-order chi connectivity index (χ0) is 40.5. The molecular formula is C59H36N2O. The molecule has 14 rings (SSSR count). The van der Waals surface area contributed by atoms with Crippen molar-refractivity contribution in [2.24, 2.45) is 0 Å². The highest BCUT2D eigenvalue weighted by atomic mass is 16.5. The van der Waals surface area contributed by atoms with Gasteiger partial charge in [-0.3, -0.25) is 0 Å². The minimum atomic E-state index is -0.434. The Balaban J connectivity index is 0.970. The first-order chi connectivity index (χ1) is 30.8. The summed E-state index contributed by atoms with van der Waals surface area (Å²) in [5.41, 5.74) is 19.1. The first-order valence-corrected chi connectivity index (χ1v) is 21.4. The number of ether oxygens (including phenoxy) is 1. The summed E-state index contributed by atoms with van der Waals surface area (Å²) in [5.74, 6) is 1.75. The summed E-state index contributed by atoms with van der Waals surface area (Å²) < 4.78 is 8.94. The van der Waals surface area contributed by atoms with Crippen molar-refractivity contribution in [3.8, 4) is 50.6 Å². The van der Waals surface area contributed by atoms with Crippen molar-refractivity contribution in [1.29, 1.82) is 0 Å². The van der Waals surface area contributed by atoms with E-state index in [0.29, 0.717) is 0 Å². The van der Waals surface area contributed by atoms with Crippen LogP contribution in [0.2, 0.25) is 0 Å². The van der Waals surface area contributed by atoms with Gasteiger partial charge in [0.15, 0.2) is 11.5 Å². The van der Waals surface area contributed by atoms with E-state index in [-0.39, 0.29) is 0 Å². The van der Waals surface area contributed by atoms with Gasteiger partial charge in [0.25, 0.3) is 0 Å². The van der Waals surface area contributed by atoms with Gasteiger partial charge in [0.1, 0.15) is 0 Å². The monoisotopic (exact) mass is 788 g/mol. The second kappa shape index (κ2) is 12.4. The molecule has 0 saturated heterocycles. The predicted molar refractivity (Wildman–Crippen MR) is 255 cm³/mol. The maximum absolute atomic E-state index is 6.56. The Kier molecular flexibility index (Phi) is 6.76. The lowest BCUT2D eigenvalue weighted by Gasteiger charge is -2.32. The van der Waals surface area contributed by atoms with Crippen LogP contribution in [0.5, 0.6) is 11.5 Å². The number of para-hydroxylation sites is 2. The van der Waals surface area contributed by atoms with E-state index in [2.05, 4.69) is 228 Å². The van der Waals surface area contributed by atoms with Crippen molar-refractivity contribution in [1.82, 2.24) is 4.57 Å². The fourth-order valence-electron chi connectivity index (χ4n) is 11.3. The van der Waals surface area contributed by atoms with Crippen LogP contribution in [0.3, 0.4) is 0 Å². The highest BCUT2D eigenvalue weighted by Crippen LogP contribution is 2.64. The van der Waals surface area contributed by atoms with Crippen molar-refractivity contribution in [3.05, 3.63) is 241 Å². The van der Waals surface area contributed by atoms with E-state index in [4.69, 9.17) is 4.74 Å². The predicted octanol–water partition coefficient (Wildman–Crippen LogP) is 15.5. The Hall–Kier alpha value is -8.14. The zero-order valence-electron chi connectivity index (χ0n) is 33.6. The molecule has 0 N–H and O–H groups in total. The maximum atomic E-state index is 6.56. The minimum Gasteiger partial charge on any atom is -0.453 e. The van der Waals surface area contributed by atoms with E-state index in [0.717, 1.165) is 50.9 Å². The van der Waals surface area contributed by atoms with Crippen molar-refractivity contribution >= 4 is 49.6 Å². The van der Waals surface area contributed by atoms with E-state index in [9.17, 15) is 0 Å². The first-order valence-electron chi connectivity index (χ1n) is 21.4. The molecule has 0 amide bonds. The topological polar surface area (TPSA) is 17.4 Å². The molecule has 3 heteroatoms. The molecule has 11 aromatic rings. The van der Waals surface area contributed by atoms with Gasteiger partial charge in [0.05, 0.1) is 33.5 Å². The molecule has 62 heavy (non-hydrogen) atoms. The highest BCUT2D eigenvalue weighted by Gasteiger charge is 2.52. The summed E-state index contributed by atoms with van der Waals surface area (Å²) in [7, 11) is 0. The van der Waals surface area contributed by atoms with Gasteiger partial charge in [-0.05, 0) is 104 Å². The van der Waals surface area contributed by atoms with Crippen LogP contribution in [-0.2, 0) is 5.41 Å². The summed E-state index contributed by atoms with van der Waals surface area (Å²) in [5, 5.41) is 4.84. The second-order valence-electron chi connectivity index (χ2n) is 16.8. The fraction of sp³-hybridized carbons (Fsp3) is 0.0169. The number of hydrogen-bond donors (Lipinski definition) is 0. The van der Waals surface area contributed by atoms with Gasteiger partial charge >= 0.3 is 0 Å². The van der Waals surface area contributed by atoms with Crippen LogP contribution in [0.4, 0.5) is 17.1 Å². The lowest BCUT2D eigenvalue weighted by Crippen LogP contribution is -2.26. The molecule has 1 aromatic heterocycles. The number of hydrogen-bond acceptors (Lipinski definition) is 2. The Morgan fingerprint density at radius 2 is 0.984 bits per heavy atom. The van der Waals surface area contributed by atoms with Crippen molar-refractivity contribution < 1.29 is 4.74 Å². The number of benzene rings is 10. The van der Waals surface area contributed by atoms with Crippen molar-refractivity contribution in [3.63, 3.8) is 0 Å². The molecule has 2 aliphatic carbocycles. The molecule has 2 heterocycles. The number of anilines is 3. The molecule has 1 aliphatic heterocycles. The standard InChI is InChI=1S/C59H36N2O/c1-2-16-41-38(14-1)15-11-27-51(41)60(53-28-13-25-50-57(53)46-20-5-9-24-49(46)59(50)47-22-7-3-17-42(47)43-18-4-8-23-48(43)59)40-33-30-37(31-34-40)39-32-35-55-54(36-39)61-52-26-10-6-19-44(52)45-21-12-29-56(62-55)58(45)61/h1-36H. The van der Waals surface area contributed by atoms with E-state index >= 15 is 0 Å². The van der Waals surface area contributed by atoms with Crippen LogP contribution in [0.1, 0.15) is 22.3 Å². The van der Waals surface area contributed by atoms with Gasteiger partial charge in [0.2, 0.25) is 0 Å². The van der Waals surface area contributed by atoms with Gasteiger partial charge in [-0.2, -0.15) is 0 Å². The smallest absolute Gasteiger partial charge is 0.152 e. The molecule has 0 saturated carbocycles. The van der Waals surface area contributed by atoms with Gasteiger partial charge in [-0.25, -0.2) is 0 Å². The molecule has 0 radical (unpaired) electrons. The Bertz CT molecular complexity index is 3640. The minimum absolute atomic E-state index is 0.434. The lowest BCUT2D eigenvalue weighted by molar-refractivity contribution is 0.476. The summed E-state index contributed by atoms with van der Waals surface area (Å²) >= 11 is 0. The average molecular weight is 789 g/mol. The third kappa shape index (κ3) is 4.34. The van der Waals surface area contributed by atoms with E-state index < -0.39 is 5.41 Å². The SMILES string of the molecule is c1ccc2c(c1)-c1ccccc1C21c2ccccc2-c2c(N(c3ccc(-c4ccc5c(c4)-n4c6ccccc6c6cccc(c64)O5)cc3)c3cccc4ccccc34)cccc21. The summed E-state index contributed by atoms with van der Waals surface area (Å²) in [6.07, 6.45) is 0. The molecule has 3 nitrogen and oxygen atoms in total. The first kappa shape index (κ1) is 33.7. The van der Waals surface area contributed by atoms with Crippen LogP contribution in [0.25, 0.3) is 71.6 Å². The van der Waals surface area contributed by atoms with Crippen LogP contribution in [0.15, 0.2) is 218 Å². The highest BCUT2D eigenvalue weighted by molar-refractivity contribution is 6.12. The Morgan fingerprint density at radius 1 is 0.403 bits per heavy atom. The fourth-order valence-corrected chi connectivity index (χ4v) is 11.3. The largest absolute Gasteiger partial charge is 0.453 e. The quantitative estimate of drug-likeness (QED) is 0.177. The van der Waals surface area contributed by atoms with Gasteiger partial charge in [-0.15, -0.1) is 0 Å². The lowest BCUT2D eigenvalue weighted by atomic mass is 9.70.